The second-order valence-corrected chi connectivity index (χ2v) is 7.56. The molecular weight excluding hydrogens is 352 g/mol. The van der Waals surface area contributed by atoms with Crippen LogP contribution in [-0.2, 0) is 24.1 Å². The van der Waals surface area contributed by atoms with Gasteiger partial charge in [-0.2, -0.15) is 5.10 Å². The van der Waals surface area contributed by atoms with Crippen LogP contribution >= 0.6 is 0 Å². The third-order valence-corrected chi connectivity index (χ3v) is 5.23. The number of hydrogen-bond donors (Lipinski definition) is 1. The van der Waals surface area contributed by atoms with Crippen molar-refractivity contribution in [3.8, 4) is 0 Å². The van der Waals surface area contributed by atoms with Crippen molar-refractivity contribution in [1.29, 1.82) is 0 Å². The SMILES string of the molecule is CCOCCCN[C@H]1CCc2c(c(C(=O)N(C)C)nn2Cc2ccccc2)C1. The molecule has 28 heavy (non-hydrogen) atoms. The van der Waals surface area contributed by atoms with E-state index in [9.17, 15) is 4.79 Å². The molecule has 0 aliphatic heterocycles. The quantitative estimate of drug-likeness (QED) is 0.675. The van der Waals surface area contributed by atoms with E-state index in [1.165, 1.54) is 11.3 Å². The number of aromatic nitrogens is 2. The molecule has 2 aromatic rings. The highest BCUT2D eigenvalue weighted by molar-refractivity contribution is 5.93. The third kappa shape index (κ3) is 5.00. The van der Waals surface area contributed by atoms with E-state index in [-0.39, 0.29) is 5.91 Å². The zero-order chi connectivity index (χ0) is 19.9. The summed E-state index contributed by atoms with van der Waals surface area (Å²) in [7, 11) is 3.58. The lowest BCUT2D eigenvalue weighted by Gasteiger charge is -2.25. The molecule has 0 unspecified atom stereocenters. The fraction of sp³-hybridized carbons (Fsp3) is 0.545. The summed E-state index contributed by atoms with van der Waals surface area (Å²) in [5.74, 6) is -0.0138. The van der Waals surface area contributed by atoms with E-state index in [0.29, 0.717) is 18.3 Å². The van der Waals surface area contributed by atoms with Crippen molar-refractivity contribution in [3.05, 3.63) is 52.8 Å². The van der Waals surface area contributed by atoms with Gasteiger partial charge in [-0.05, 0) is 44.7 Å². The first-order valence-electron chi connectivity index (χ1n) is 10.3. The number of hydrogen-bond acceptors (Lipinski definition) is 4. The van der Waals surface area contributed by atoms with Gasteiger partial charge in [0.1, 0.15) is 0 Å². The van der Waals surface area contributed by atoms with Crippen molar-refractivity contribution in [2.75, 3.05) is 33.9 Å². The first-order chi connectivity index (χ1) is 13.6. The summed E-state index contributed by atoms with van der Waals surface area (Å²) in [6, 6.07) is 10.7. The molecule has 1 amide bonds. The molecule has 0 bridgehead atoms. The zero-order valence-corrected chi connectivity index (χ0v) is 17.3. The van der Waals surface area contributed by atoms with Crippen LogP contribution in [0.25, 0.3) is 0 Å². The Kier molecular flexibility index (Phi) is 7.23. The van der Waals surface area contributed by atoms with Gasteiger partial charge in [-0.15, -0.1) is 0 Å². The number of rotatable bonds is 9. The number of benzene rings is 1. The lowest BCUT2D eigenvalue weighted by Crippen LogP contribution is -2.36. The third-order valence-electron chi connectivity index (χ3n) is 5.23. The number of ether oxygens (including phenoxy) is 1. The molecule has 3 rings (SSSR count). The van der Waals surface area contributed by atoms with E-state index in [2.05, 4.69) is 17.4 Å². The first kappa shape index (κ1) is 20.6. The van der Waals surface area contributed by atoms with Gasteiger partial charge in [0.25, 0.3) is 5.91 Å². The van der Waals surface area contributed by atoms with Gasteiger partial charge in [0.2, 0.25) is 0 Å². The highest BCUT2D eigenvalue weighted by atomic mass is 16.5. The molecule has 0 radical (unpaired) electrons. The van der Waals surface area contributed by atoms with Gasteiger partial charge in [-0.3, -0.25) is 9.48 Å². The minimum absolute atomic E-state index is 0.0138. The largest absolute Gasteiger partial charge is 0.382 e. The molecule has 1 aromatic heterocycles. The molecular formula is C22H32N4O2. The highest BCUT2D eigenvalue weighted by Crippen LogP contribution is 2.26. The number of nitrogens with zero attached hydrogens (tertiary/aromatic N) is 3. The molecule has 6 heteroatoms. The Morgan fingerprint density at radius 3 is 2.82 bits per heavy atom. The molecule has 1 aromatic carbocycles. The van der Waals surface area contributed by atoms with Crippen molar-refractivity contribution in [1.82, 2.24) is 20.0 Å². The summed E-state index contributed by atoms with van der Waals surface area (Å²) >= 11 is 0. The molecule has 0 saturated heterocycles. The van der Waals surface area contributed by atoms with Crippen molar-refractivity contribution < 1.29 is 9.53 Å². The predicted octanol–water partition coefficient (Wildman–Crippen LogP) is 2.51. The molecule has 1 atom stereocenters. The summed E-state index contributed by atoms with van der Waals surface area (Å²) in [6.07, 6.45) is 3.87. The van der Waals surface area contributed by atoms with Crippen LogP contribution in [0, 0.1) is 0 Å². The standard InChI is InChI=1S/C22H32N4O2/c1-4-28-14-8-13-23-18-11-12-20-19(15-18)21(22(27)25(2)3)24-26(20)16-17-9-6-5-7-10-17/h5-7,9-10,18,23H,4,8,11-16H2,1-3H3/t18-/m0/s1. The number of nitrogens with one attached hydrogen (secondary N) is 1. The van der Waals surface area contributed by atoms with Crippen LogP contribution in [0.1, 0.15) is 47.1 Å². The van der Waals surface area contributed by atoms with Gasteiger partial charge in [0, 0.05) is 44.6 Å². The second-order valence-electron chi connectivity index (χ2n) is 7.56. The van der Waals surface area contributed by atoms with Crippen molar-refractivity contribution >= 4 is 5.91 Å². The summed E-state index contributed by atoms with van der Waals surface area (Å²) in [5, 5.41) is 8.37. The second kappa shape index (κ2) is 9.85. The number of amides is 1. The lowest BCUT2D eigenvalue weighted by molar-refractivity contribution is 0.0820. The van der Waals surface area contributed by atoms with Crippen molar-refractivity contribution in [3.63, 3.8) is 0 Å². The molecule has 1 aliphatic rings. The molecule has 0 spiro atoms. The molecule has 152 valence electrons. The Morgan fingerprint density at radius 2 is 2.11 bits per heavy atom. The van der Waals surface area contributed by atoms with Crippen LogP contribution in [0.5, 0.6) is 0 Å². The monoisotopic (exact) mass is 384 g/mol. The smallest absolute Gasteiger partial charge is 0.274 e. The zero-order valence-electron chi connectivity index (χ0n) is 17.3. The average molecular weight is 385 g/mol. The summed E-state index contributed by atoms with van der Waals surface area (Å²) in [4.78, 5) is 14.4. The molecule has 1 N–H and O–H groups in total. The summed E-state index contributed by atoms with van der Waals surface area (Å²) in [6.45, 7) is 5.22. The lowest BCUT2D eigenvalue weighted by atomic mass is 9.91. The Labute approximate surface area is 167 Å². The van der Waals surface area contributed by atoms with Crippen LogP contribution in [0.15, 0.2) is 30.3 Å². The van der Waals surface area contributed by atoms with E-state index in [1.807, 2.05) is 29.8 Å². The van der Waals surface area contributed by atoms with Crippen molar-refractivity contribution in [2.45, 2.75) is 45.2 Å². The maximum absolute atomic E-state index is 12.7. The van der Waals surface area contributed by atoms with Gasteiger partial charge in [-0.25, -0.2) is 0 Å². The van der Waals surface area contributed by atoms with Crippen LogP contribution in [0.4, 0.5) is 0 Å². The van der Waals surface area contributed by atoms with E-state index in [1.54, 1.807) is 19.0 Å². The summed E-state index contributed by atoms with van der Waals surface area (Å²) < 4.78 is 7.45. The minimum atomic E-state index is -0.0138. The Morgan fingerprint density at radius 1 is 1.32 bits per heavy atom. The number of carbonyl (C=O) groups is 1. The van der Waals surface area contributed by atoms with Gasteiger partial charge in [-0.1, -0.05) is 30.3 Å². The van der Waals surface area contributed by atoms with E-state index >= 15 is 0 Å². The van der Waals surface area contributed by atoms with E-state index in [0.717, 1.165) is 51.0 Å². The Hall–Kier alpha value is -2.18. The maximum Gasteiger partial charge on any atom is 0.274 e. The van der Waals surface area contributed by atoms with Gasteiger partial charge < -0.3 is 15.0 Å². The first-order valence-corrected chi connectivity index (χ1v) is 10.3. The molecule has 1 aliphatic carbocycles. The fourth-order valence-corrected chi connectivity index (χ4v) is 3.76. The van der Waals surface area contributed by atoms with E-state index < -0.39 is 0 Å². The van der Waals surface area contributed by atoms with Gasteiger partial charge in [0.05, 0.1) is 6.54 Å². The molecule has 0 fully saturated rings. The predicted molar refractivity (Wildman–Crippen MR) is 111 cm³/mol. The molecule has 0 saturated carbocycles. The van der Waals surface area contributed by atoms with Crippen LogP contribution in [-0.4, -0.2) is 60.5 Å². The van der Waals surface area contributed by atoms with Crippen LogP contribution < -0.4 is 5.32 Å². The normalized spacial score (nSPS) is 16.0. The summed E-state index contributed by atoms with van der Waals surface area (Å²) in [5.41, 5.74) is 4.13. The Balaban J connectivity index is 1.76. The number of fused-ring (bicyclic) bond motifs is 1. The van der Waals surface area contributed by atoms with Crippen LogP contribution in [0.2, 0.25) is 0 Å². The van der Waals surface area contributed by atoms with Gasteiger partial charge >= 0.3 is 0 Å². The van der Waals surface area contributed by atoms with Gasteiger partial charge in [0.15, 0.2) is 5.69 Å². The Bertz CT molecular complexity index is 770. The fourth-order valence-electron chi connectivity index (χ4n) is 3.76. The van der Waals surface area contributed by atoms with E-state index in [4.69, 9.17) is 9.84 Å². The maximum atomic E-state index is 12.7. The number of carbonyl (C=O) groups excluding carboxylic acids is 1. The molecule has 6 nitrogen and oxygen atoms in total. The average Bonchev–Trinajstić information content (AvgIpc) is 3.05. The highest BCUT2D eigenvalue weighted by Gasteiger charge is 2.29. The van der Waals surface area contributed by atoms with Crippen LogP contribution in [0.3, 0.4) is 0 Å². The minimum Gasteiger partial charge on any atom is -0.382 e. The topological polar surface area (TPSA) is 59.4 Å². The molecule has 1 heterocycles. The van der Waals surface area contributed by atoms with Crippen molar-refractivity contribution in [2.24, 2.45) is 0 Å².